The van der Waals surface area contributed by atoms with Crippen molar-refractivity contribution in [2.75, 3.05) is 6.16 Å². The third-order valence-corrected chi connectivity index (χ3v) is 14.2. The SMILES string of the molecule is CC(C)CP(C12CC3CC(CC(C3)C1)C2)C12CC3CC(CC(C3)C1)C2. The molecule has 8 aliphatic carbocycles. The van der Waals surface area contributed by atoms with Crippen molar-refractivity contribution in [2.45, 2.75) is 101 Å². The van der Waals surface area contributed by atoms with Gasteiger partial charge >= 0.3 is 0 Å². The lowest BCUT2D eigenvalue weighted by Gasteiger charge is -2.68. The minimum Gasteiger partial charge on any atom is -0.0936 e. The predicted molar refractivity (Wildman–Crippen MR) is 108 cm³/mol. The summed E-state index contributed by atoms with van der Waals surface area (Å²) in [6.45, 7) is 5.10. The van der Waals surface area contributed by atoms with Gasteiger partial charge in [0, 0.05) is 0 Å². The summed E-state index contributed by atoms with van der Waals surface area (Å²) >= 11 is 0. The van der Waals surface area contributed by atoms with Gasteiger partial charge in [0.1, 0.15) is 0 Å². The van der Waals surface area contributed by atoms with Crippen LogP contribution in [-0.4, -0.2) is 16.5 Å². The lowest BCUT2D eigenvalue weighted by molar-refractivity contribution is 0.0183. The number of hydrogen-bond donors (Lipinski definition) is 0. The number of hydrogen-bond acceptors (Lipinski definition) is 0. The van der Waals surface area contributed by atoms with Crippen LogP contribution in [0.15, 0.2) is 0 Å². The summed E-state index contributed by atoms with van der Waals surface area (Å²) in [6.07, 6.45) is 21.5. The van der Waals surface area contributed by atoms with Gasteiger partial charge in [-0.05, 0) is 135 Å². The van der Waals surface area contributed by atoms with E-state index in [1.54, 1.807) is 83.2 Å². The van der Waals surface area contributed by atoms with Gasteiger partial charge < -0.3 is 0 Å². The second kappa shape index (κ2) is 5.49. The Kier molecular flexibility index (Phi) is 3.60. The van der Waals surface area contributed by atoms with Crippen LogP contribution in [0, 0.1) is 41.4 Å². The van der Waals surface area contributed by atoms with E-state index < -0.39 is 0 Å². The highest BCUT2D eigenvalue weighted by molar-refractivity contribution is 7.61. The zero-order valence-corrected chi connectivity index (χ0v) is 17.6. The Hall–Kier alpha value is 0.430. The molecule has 8 fully saturated rings. The summed E-state index contributed by atoms with van der Waals surface area (Å²) < 4.78 is 0. The average molecular weight is 359 g/mol. The van der Waals surface area contributed by atoms with Crippen molar-refractivity contribution in [1.29, 1.82) is 0 Å². The van der Waals surface area contributed by atoms with E-state index in [1.807, 2.05) is 0 Å². The first-order chi connectivity index (χ1) is 12.0. The molecule has 140 valence electrons. The molecule has 0 aliphatic heterocycles. The molecule has 0 spiro atoms. The first-order valence-corrected chi connectivity index (χ1v) is 13.3. The van der Waals surface area contributed by atoms with Crippen molar-refractivity contribution in [2.24, 2.45) is 41.4 Å². The first kappa shape index (κ1) is 16.4. The standard InChI is InChI=1S/C24H39P/c1-16(2)15-25(23-9-17-3-18(10-23)5-19(4-17)11-23)24-12-20-6-21(13-24)8-22(7-20)14-24/h16-22H,3-15H2,1-2H3. The fourth-order valence-corrected chi connectivity index (χ4v) is 15.4. The molecule has 0 unspecified atom stereocenters. The topological polar surface area (TPSA) is 0 Å². The Morgan fingerprint density at radius 1 is 0.600 bits per heavy atom. The van der Waals surface area contributed by atoms with Crippen LogP contribution in [0.1, 0.15) is 90.9 Å². The van der Waals surface area contributed by atoms with Crippen LogP contribution in [0.5, 0.6) is 0 Å². The Labute approximate surface area is 157 Å². The molecule has 0 aromatic heterocycles. The highest BCUT2D eigenvalue weighted by atomic mass is 31.1. The Balaban J connectivity index is 1.39. The van der Waals surface area contributed by atoms with E-state index >= 15 is 0 Å². The highest BCUT2D eigenvalue weighted by Gasteiger charge is 2.62. The molecule has 0 atom stereocenters. The van der Waals surface area contributed by atoms with Crippen molar-refractivity contribution in [3.8, 4) is 0 Å². The molecule has 1 heteroatoms. The molecule has 8 bridgehead atoms. The van der Waals surface area contributed by atoms with Gasteiger partial charge in [-0.25, -0.2) is 0 Å². The van der Waals surface area contributed by atoms with Crippen LogP contribution in [-0.2, 0) is 0 Å². The monoisotopic (exact) mass is 358 g/mol. The van der Waals surface area contributed by atoms with E-state index in [4.69, 9.17) is 0 Å². The van der Waals surface area contributed by atoms with E-state index in [1.165, 1.54) is 0 Å². The summed E-state index contributed by atoms with van der Waals surface area (Å²) in [6, 6.07) is 0. The molecule has 8 rings (SSSR count). The third-order valence-electron chi connectivity index (χ3n) is 9.70. The van der Waals surface area contributed by atoms with Crippen LogP contribution in [0.4, 0.5) is 0 Å². The molecular weight excluding hydrogens is 319 g/mol. The maximum atomic E-state index is 2.55. The van der Waals surface area contributed by atoms with Crippen molar-refractivity contribution in [3.63, 3.8) is 0 Å². The van der Waals surface area contributed by atoms with Crippen molar-refractivity contribution >= 4 is 7.92 Å². The predicted octanol–water partition coefficient (Wildman–Crippen LogP) is 7.06. The van der Waals surface area contributed by atoms with Crippen molar-refractivity contribution in [3.05, 3.63) is 0 Å². The molecule has 0 saturated heterocycles. The van der Waals surface area contributed by atoms with E-state index in [2.05, 4.69) is 13.8 Å². The molecule has 0 aromatic rings. The van der Waals surface area contributed by atoms with E-state index in [-0.39, 0.29) is 7.92 Å². The fourth-order valence-electron chi connectivity index (χ4n) is 10.0. The lowest BCUT2D eigenvalue weighted by atomic mass is 9.55. The van der Waals surface area contributed by atoms with E-state index in [0.29, 0.717) is 0 Å². The Morgan fingerprint density at radius 2 is 0.880 bits per heavy atom. The van der Waals surface area contributed by atoms with Gasteiger partial charge in [-0.2, -0.15) is 0 Å². The van der Waals surface area contributed by atoms with Gasteiger partial charge in [0.05, 0.1) is 0 Å². The minimum absolute atomic E-state index is 0.252. The minimum atomic E-state index is 0.252. The molecule has 0 aromatic carbocycles. The third kappa shape index (κ3) is 2.48. The van der Waals surface area contributed by atoms with Crippen molar-refractivity contribution < 1.29 is 0 Å². The molecule has 0 radical (unpaired) electrons. The summed E-state index contributed by atoms with van der Waals surface area (Å²) in [5.41, 5.74) is 0. The van der Waals surface area contributed by atoms with E-state index in [9.17, 15) is 0 Å². The van der Waals surface area contributed by atoms with Gasteiger partial charge in [0.2, 0.25) is 0 Å². The van der Waals surface area contributed by atoms with Gasteiger partial charge in [-0.15, -0.1) is 0 Å². The maximum Gasteiger partial charge on any atom is -0.00814 e. The van der Waals surface area contributed by atoms with Crippen LogP contribution < -0.4 is 0 Å². The summed E-state index contributed by atoms with van der Waals surface area (Å²) in [5.74, 6) is 7.84. The van der Waals surface area contributed by atoms with E-state index in [0.717, 1.165) is 51.7 Å². The summed E-state index contributed by atoms with van der Waals surface area (Å²) in [5, 5.41) is 1.72. The van der Waals surface area contributed by atoms with Crippen LogP contribution in [0.25, 0.3) is 0 Å². The molecule has 0 amide bonds. The second-order valence-corrected chi connectivity index (χ2v) is 15.4. The van der Waals surface area contributed by atoms with Crippen LogP contribution >= 0.6 is 7.92 Å². The first-order valence-electron chi connectivity index (χ1n) is 11.8. The molecule has 8 aliphatic rings. The maximum absolute atomic E-state index is 2.55. The van der Waals surface area contributed by atoms with Crippen molar-refractivity contribution in [1.82, 2.24) is 0 Å². The highest BCUT2D eigenvalue weighted by Crippen LogP contribution is 2.79. The quantitative estimate of drug-likeness (QED) is 0.472. The molecule has 8 saturated carbocycles. The van der Waals surface area contributed by atoms with Gasteiger partial charge in [-0.3, -0.25) is 0 Å². The largest absolute Gasteiger partial charge is 0.0936 e. The summed E-state index contributed by atoms with van der Waals surface area (Å²) in [4.78, 5) is 0. The zero-order valence-electron chi connectivity index (χ0n) is 16.7. The fraction of sp³-hybridized carbons (Fsp3) is 1.00. The average Bonchev–Trinajstić information content (AvgIpc) is 2.49. The molecule has 0 nitrogen and oxygen atoms in total. The van der Waals surface area contributed by atoms with Gasteiger partial charge in [0.15, 0.2) is 0 Å². The zero-order chi connectivity index (χ0) is 16.8. The normalized spacial score (nSPS) is 56.8. The molecule has 0 N–H and O–H groups in total. The Morgan fingerprint density at radius 3 is 1.12 bits per heavy atom. The second-order valence-electron chi connectivity index (χ2n) is 12.3. The van der Waals surface area contributed by atoms with Crippen LogP contribution in [0.3, 0.4) is 0 Å². The number of rotatable bonds is 4. The van der Waals surface area contributed by atoms with Gasteiger partial charge in [-0.1, -0.05) is 21.8 Å². The molecular formula is C24H39P. The molecule has 0 heterocycles. The smallest absolute Gasteiger partial charge is 0.00814 e. The summed E-state index contributed by atoms with van der Waals surface area (Å²) in [7, 11) is 0.252. The van der Waals surface area contributed by atoms with Crippen LogP contribution in [0.2, 0.25) is 0 Å². The Bertz CT molecular complexity index is 432. The van der Waals surface area contributed by atoms with Gasteiger partial charge in [0.25, 0.3) is 0 Å². The molecule has 25 heavy (non-hydrogen) atoms. The lowest BCUT2D eigenvalue weighted by Crippen LogP contribution is -2.57.